The van der Waals surface area contributed by atoms with Crippen LogP contribution in [0.3, 0.4) is 0 Å². The van der Waals surface area contributed by atoms with E-state index < -0.39 is 0 Å². The van der Waals surface area contributed by atoms with Gasteiger partial charge in [0.2, 0.25) is 5.91 Å². The lowest BCUT2D eigenvalue weighted by Crippen LogP contribution is -2.19. The second-order valence-corrected chi connectivity index (χ2v) is 8.47. The van der Waals surface area contributed by atoms with E-state index >= 15 is 0 Å². The van der Waals surface area contributed by atoms with Crippen LogP contribution in [-0.4, -0.2) is 21.0 Å². The molecule has 0 saturated heterocycles. The molecule has 0 radical (unpaired) electrons. The Labute approximate surface area is 187 Å². The number of rotatable bonds is 6. The minimum Gasteiger partial charge on any atom is -0.392 e. The highest BCUT2D eigenvalue weighted by Gasteiger charge is 2.23. The van der Waals surface area contributed by atoms with Crippen LogP contribution >= 0.6 is 11.6 Å². The Bertz CT molecular complexity index is 1030. The molecule has 0 bridgehead atoms. The predicted octanol–water partition coefficient (Wildman–Crippen LogP) is 5.52. The number of carbonyl (C=O) groups is 1. The van der Waals surface area contributed by atoms with Crippen molar-refractivity contribution < 1.29 is 9.90 Å². The van der Waals surface area contributed by atoms with Gasteiger partial charge >= 0.3 is 0 Å². The molecule has 1 aliphatic rings. The van der Waals surface area contributed by atoms with E-state index in [-0.39, 0.29) is 18.9 Å². The van der Waals surface area contributed by atoms with Gasteiger partial charge in [-0.1, -0.05) is 67.3 Å². The first kappa shape index (κ1) is 21.5. The van der Waals surface area contributed by atoms with Crippen molar-refractivity contribution in [3.05, 3.63) is 76.6 Å². The summed E-state index contributed by atoms with van der Waals surface area (Å²) >= 11 is 5.94. The quantitative estimate of drug-likeness (QED) is 0.534. The van der Waals surface area contributed by atoms with E-state index in [0.717, 1.165) is 40.9 Å². The molecule has 2 N–H and O–H groups in total. The van der Waals surface area contributed by atoms with Gasteiger partial charge in [-0.3, -0.25) is 4.79 Å². The van der Waals surface area contributed by atoms with Crippen LogP contribution in [-0.2, 0) is 17.8 Å². The molecule has 1 aromatic heterocycles. The summed E-state index contributed by atoms with van der Waals surface area (Å²) in [5.41, 5.74) is 4.35. The number of aromatic nitrogens is 2. The number of nitrogens with zero attached hydrogens (tertiary/aromatic N) is 2. The molecule has 160 valence electrons. The van der Waals surface area contributed by atoms with Crippen molar-refractivity contribution in [3.63, 3.8) is 0 Å². The van der Waals surface area contributed by atoms with Gasteiger partial charge in [0.1, 0.15) is 0 Å². The van der Waals surface area contributed by atoms with Crippen LogP contribution in [0.1, 0.15) is 54.8 Å². The molecule has 4 rings (SSSR count). The fourth-order valence-electron chi connectivity index (χ4n) is 4.04. The molecule has 0 atom stereocenters. The van der Waals surface area contributed by atoms with Gasteiger partial charge in [-0.15, -0.1) is 0 Å². The van der Waals surface area contributed by atoms with Crippen LogP contribution in [0.25, 0.3) is 11.3 Å². The molecule has 0 spiro atoms. The summed E-state index contributed by atoms with van der Waals surface area (Å²) in [4.78, 5) is 22.2. The summed E-state index contributed by atoms with van der Waals surface area (Å²) in [7, 11) is 0. The van der Waals surface area contributed by atoms with E-state index in [1.54, 1.807) is 18.3 Å². The number of benzene rings is 2. The molecule has 1 fully saturated rings. The van der Waals surface area contributed by atoms with Gasteiger partial charge in [-0.25, -0.2) is 9.97 Å². The molecule has 3 aromatic rings. The van der Waals surface area contributed by atoms with Crippen molar-refractivity contribution in [1.82, 2.24) is 9.97 Å². The SMILES string of the molecule is O=C(Cc1ccc(Cl)cc1)Nc1ncc(-c2ccc(CO)cc2)nc1C1CCCCC1. The summed E-state index contributed by atoms with van der Waals surface area (Å²) in [6, 6.07) is 14.9. The lowest BCUT2D eigenvalue weighted by atomic mass is 9.86. The third-order valence-electron chi connectivity index (χ3n) is 5.76. The summed E-state index contributed by atoms with van der Waals surface area (Å²) < 4.78 is 0. The Hall–Kier alpha value is -2.76. The van der Waals surface area contributed by atoms with E-state index in [9.17, 15) is 9.90 Å². The van der Waals surface area contributed by atoms with E-state index in [4.69, 9.17) is 16.6 Å². The molecule has 5 nitrogen and oxygen atoms in total. The lowest BCUT2D eigenvalue weighted by molar-refractivity contribution is -0.115. The molecule has 1 aliphatic carbocycles. The number of hydrogen-bond donors (Lipinski definition) is 2. The van der Waals surface area contributed by atoms with Crippen molar-refractivity contribution >= 4 is 23.3 Å². The highest BCUT2D eigenvalue weighted by Crippen LogP contribution is 2.35. The molecule has 0 unspecified atom stereocenters. The fourth-order valence-corrected chi connectivity index (χ4v) is 4.17. The first-order valence-electron chi connectivity index (χ1n) is 10.7. The monoisotopic (exact) mass is 435 g/mol. The highest BCUT2D eigenvalue weighted by atomic mass is 35.5. The average molecular weight is 436 g/mol. The van der Waals surface area contributed by atoms with Crippen LogP contribution < -0.4 is 5.32 Å². The van der Waals surface area contributed by atoms with Gasteiger partial charge < -0.3 is 10.4 Å². The summed E-state index contributed by atoms with van der Waals surface area (Å²) in [6.07, 6.45) is 7.65. The Morgan fingerprint density at radius 2 is 1.68 bits per heavy atom. The van der Waals surface area contributed by atoms with Gasteiger partial charge in [0.05, 0.1) is 30.6 Å². The van der Waals surface area contributed by atoms with Crippen LogP contribution in [0.5, 0.6) is 0 Å². The van der Waals surface area contributed by atoms with Crippen LogP contribution in [0.4, 0.5) is 5.82 Å². The molecular weight excluding hydrogens is 410 g/mol. The Morgan fingerprint density at radius 3 is 2.35 bits per heavy atom. The minimum atomic E-state index is -0.117. The molecule has 1 amide bonds. The number of nitrogens with one attached hydrogen (secondary N) is 1. The van der Waals surface area contributed by atoms with Crippen molar-refractivity contribution in [2.24, 2.45) is 0 Å². The Kier molecular flexibility index (Phi) is 6.95. The largest absolute Gasteiger partial charge is 0.392 e. The zero-order chi connectivity index (χ0) is 21.6. The first-order chi connectivity index (χ1) is 15.1. The summed E-state index contributed by atoms with van der Waals surface area (Å²) in [5.74, 6) is 0.735. The van der Waals surface area contributed by atoms with Gasteiger partial charge in [0.25, 0.3) is 0 Å². The third-order valence-corrected chi connectivity index (χ3v) is 6.01. The number of aliphatic hydroxyl groups is 1. The van der Waals surface area contributed by atoms with E-state index in [2.05, 4.69) is 10.3 Å². The normalized spacial score (nSPS) is 14.4. The number of amides is 1. The van der Waals surface area contributed by atoms with E-state index in [1.807, 2.05) is 36.4 Å². The van der Waals surface area contributed by atoms with Crippen LogP contribution in [0, 0.1) is 0 Å². The number of anilines is 1. The van der Waals surface area contributed by atoms with Crippen molar-refractivity contribution in [3.8, 4) is 11.3 Å². The Morgan fingerprint density at radius 1 is 1.00 bits per heavy atom. The number of aliphatic hydroxyl groups excluding tert-OH is 1. The van der Waals surface area contributed by atoms with Crippen molar-refractivity contribution in [2.45, 2.75) is 51.0 Å². The van der Waals surface area contributed by atoms with Crippen LogP contribution in [0.15, 0.2) is 54.7 Å². The maximum Gasteiger partial charge on any atom is 0.229 e. The summed E-state index contributed by atoms with van der Waals surface area (Å²) in [5, 5.41) is 12.9. The minimum absolute atomic E-state index is 0.0118. The Balaban J connectivity index is 1.59. The molecule has 2 aromatic carbocycles. The van der Waals surface area contributed by atoms with Gasteiger partial charge in [0, 0.05) is 16.5 Å². The number of halogens is 1. The maximum absolute atomic E-state index is 12.7. The van der Waals surface area contributed by atoms with Crippen molar-refractivity contribution in [2.75, 3.05) is 5.32 Å². The van der Waals surface area contributed by atoms with Gasteiger partial charge in [-0.2, -0.15) is 0 Å². The molecule has 1 saturated carbocycles. The molecular formula is C25H26ClN3O2. The molecule has 6 heteroatoms. The number of carbonyl (C=O) groups excluding carboxylic acids is 1. The topological polar surface area (TPSA) is 75.1 Å². The lowest BCUT2D eigenvalue weighted by Gasteiger charge is -2.23. The highest BCUT2D eigenvalue weighted by molar-refractivity contribution is 6.30. The standard InChI is InChI=1S/C25H26ClN3O2/c26-21-12-8-17(9-13-21)14-23(31)29-25-24(20-4-2-1-3-5-20)28-22(15-27-25)19-10-6-18(16-30)7-11-19/h6-13,15,20,30H,1-5,14,16H2,(H,27,29,31). The van der Waals surface area contributed by atoms with Gasteiger partial charge in [0.15, 0.2) is 5.82 Å². The first-order valence-corrected chi connectivity index (χ1v) is 11.1. The van der Waals surface area contributed by atoms with Gasteiger partial charge in [-0.05, 0) is 36.1 Å². The third kappa shape index (κ3) is 5.49. The summed E-state index contributed by atoms with van der Waals surface area (Å²) in [6.45, 7) is 0.0118. The number of hydrogen-bond acceptors (Lipinski definition) is 4. The van der Waals surface area contributed by atoms with Crippen molar-refractivity contribution in [1.29, 1.82) is 0 Å². The zero-order valence-electron chi connectivity index (χ0n) is 17.4. The zero-order valence-corrected chi connectivity index (χ0v) is 18.1. The second kappa shape index (κ2) is 10.0. The molecule has 1 heterocycles. The van der Waals surface area contributed by atoms with E-state index in [0.29, 0.717) is 16.8 Å². The maximum atomic E-state index is 12.7. The van der Waals surface area contributed by atoms with Crippen LogP contribution in [0.2, 0.25) is 5.02 Å². The molecule has 31 heavy (non-hydrogen) atoms. The molecule has 0 aliphatic heterocycles. The second-order valence-electron chi connectivity index (χ2n) is 8.03. The average Bonchev–Trinajstić information content (AvgIpc) is 2.81. The smallest absolute Gasteiger partial charge is 0.229 e. The fraction of sp³-hybridized carbons (Fsp3) is 0.320. The predicted molar refractivity (Wildman–Crippen MR) is 123 cm³/mol. The van der Waals surface area contributed by atoms with E-state index in [1.165, 1.54) is 19.3 Å².